The van der Waals surface area contributed by atoms with E-state index in [9.17, 15) is 4.79 Å². The van der Waals surface area contributed by atoms with Crippen LogP contribution in [0.4, 0.5) is 0 Å². The number of carbonyl (C=O) groups is 1. The smallest absolute Gasteiger partial charge is 0.305 e. The van der Waals surface area contributed by atoms with Crippen LogP contribution >= 0.6 is 11.6 Å². The Kier molecular flexibility index (Phi) is 2.80. The number of carboxylic acid groups (broad SMARTS) is 1. The zero-order valence-corrected chi connectivity index (χ0v) is 9.05. The largest absolute Gasteiger partial charge is 0.481 e. The first kappa shape index (κ1) is 10.9. The van der Waals surface area contributed by atoms with Gasteiger partial charge < -0.3 is 10.8 Å². The summed E-state index contributed by atoms with van der Waals surface area (Å²) >= 11 is 5.85. The maximum absolute atomic E-state index is 10.6. The lowest BCUT2D eigenvalue weighted by atomic mass is 10.1. The van der Waals surface area contributed by atoms with Crippen molar-refractivity contribution in [3.05, 3.63) is 35.4 Å². The second-order valence-electron chi connectivity index (χ2n) is 3.45. The summed E-state index contributed by atoms with van der Waals surface area (Å²) in [5.74, 6) is -0.930. The monoisotopic (exact) mass is 239 g/mol. The van der Waals surface area contributed by atoms with Gasteiger partial charge in [-0.05, 0) is 23.2 Å². The molecule has 6 heteroatoms. The lowest BCUT2D eigenvalue weighted by Gasteiger charge is -2.10. The number of hydrogen-bond acceptors (Lipinski definition) is 3. The Morgan fingerprint density at radius 1 is 1.69 bits per heavy atom. The lowest BCUT2D eigenvalue weighted by Crippen LogP contribution is -2.15. The van der Waals surface area contributed by atoms with Crippen LogP contribution in [-0.4, -0.2) is 20.5 Å². The van der Waals surface area contributed by atoms with E-state index in [1.54, 1.807) is 28.9 Å². The minimum absolute atomic E-state index is 0.123. The van der Waals surface area contributed by atoms with Gasteiger partial charge in [-0.2, -0.15) is 0 Å². The van der Waals surface area contributed by atoms with Gasteiger partial charge in [0.05, 0.1) is 18.1 Å². The molecule has 0 aliphatic carbocycles. The number of fused-ring (bicyclic) bond motifs is 1. The normalized spacial score (nSPS) is 12.9. The molecule has 0 spiro atoms. The molecular weight excluding hydrogens is 230 g/mol. The minimum atomic E-state index is -0.930. The lowest BCUT2D eigenvalue weighted by molar-refractivity contribution is -0.137. The van der Waals surface area contributed by atoms with Crippen molar-refractivity contribution in [1.29, 1.82) is 0 Å². The molecule has 0 amide bonds. The van der Waals surface area contributed by atoms with Crippen LogP contribution in [0.5, 0.6) is 0 Å². The van der Waals surface area contributed by atoms with Gasteiger partial charge in [0.15, 0.2) is 0 Å². The topological polar surface area (TPSA) is 80.6 Å². The first-order chi connectivity index (χ1) is 7.59. The zero-order chi connectivity index (χ0) is 11.7. The maximum Gasteiger partial charge on any atom is 0.305 e. The molecule has 0 aliphatic heterocycles. The minimum Gasteiger partial charge on any atom is -0.481 e. The molecule has 0 saturated carbocycles. The molecule has 2 rings (SSSR count). The molecule has 84 valence electrons. The number of rotatable bonds is 3. The van der Waals surface area contributed by atoms with E-state index in [4.69, 9.17) is 22.4 Å². The Balaban J connectivity index is 2.48. The van der Waals surface area contributed by atoms with Gasteiger partial charge in [0.25, 0.3) is 0 Å². The second kappa shape index (κ2) is 4.11. The van der Waals surface area contributed by atoms with Crippen molar-refractivity contribution < 1.29 is 9.90 Å². The van der Waals surface area contributed by atoms with E-state index in [0.717, 1.165) is 11.1 Å². The van der Waals surface area contributed by atoms with Crippen molar-refractivity contribution in [2.24, 2.45) is 5.73 Å². The molecule has 1 atom stereocenters. The number of pyridine rings is 1. The van der Waals surface area contributed by atoms with E-state index in [1.165, 1.54) is 0 Å². The first-order valence-corrected chi connectivity index (χ1v) is 5.06. The predicted molar refractivity (Wildman–Crippen MR) is 59.4 cm³/mol. The van der Waals surface area contributed by atoms with Crippen molar-refractivity contribution >= 4 is 23.1 Å². The van der Waals surface area contributed by atoms with Gasteiger partial charge in [-0.1, -0.05) is 6.07 Å². The number of imidazole rings is 1. The molecule has 0 aromatic carbocycles. The number of carboxylic acids is 1. The summed E-state index contributed by atoms with van der Waals surface area (Å²) in [5.41, 5.74) is 7.27. The van der Waals surface area contributed by atoms with Gasteiger partial charge in [0, 0.05) is 12.2 Å². The maximum atomic E-state index is 10.6. The number of nitrogens with zero attached hydrogens (tertiary/aromatic N) is 2. The fraction of sp³-hybridized carbons (Fsp3) is 0.200. The Morgan fingerprint density at radius 2 is 2.44 bits per heavy atom. The molecular formula is C10H10ClN3O2. The number of aromatic nitrogens is 2. The Bertz CT molecular complexity index is 538. The predicted octanol–water partition coefficient (Wildman–Crippen LogP) is 1.46. The Labute approximate surface area is 96.5 Å². The van der Waals surface area contributed by atoms with Crippen LogP contribution in [0.2, 0.25) is 5.28 Å². The summed E-state index contributed by atoms with van der Waals surface area (Å²) in [6.45, 7) is 0. The fourth-order valence-electron chi connectivity index (χ4n) is 1.62. The summed E-state index contributed by atoms with van der Waals surface area (Å²) in [5, 5.41) is 9.03. The van der Waals surface area contributed by atoms with E-state index in [1.807, 2.05) is 0 Å². The zero-order valence-electron chi connectivity index (χ0n) is 8.30. The molecule has 0 radical (unpaired) electrons. The standard InChI is InChI=1S/C10H10ClN3O2/c11-10-13-5-8-6(2-1-3-14(8)10)7(12)4-9(15)16/h1-3,5,7H,4,12H2,(H,15,16). The van der Waals surface area contributed by atoms with Crippen molar-refractivity contribution in [1.82, 2.24) is 9.38 Å². The Morgan fingerprint density at radius 3 is 3.12 bits per heavy atom. The summed E-state index contributed by atoms with van der Waals surface area (Å²) in [7, 11) is 0. The molecule has 16 heavy (non-hydrogen) atoms. The third-order valence-electron chi connectivity index (χ3n) is 2.35. The highest BCUT2D eigenvalue weighted by atomic mass is 35.5. The molecule has 0 aliphatic rings. The molecule has 2 aromatic rings. The molecule has 2 aromatic heterocycles. The second-order valence-corrected chi connectivity index (χ2v) is 3.79. The van der Waals surface area contributed by atoms with Crippen LogP contribution in [0.1, 0.15) is 18.0 Å². The average Bonchev–Trinajstić information content (AvgIpc) is 2.59. The summed E-state index contributed by atoms with van der Waals surface area (Å²) in [6, 6.07) is 2.98. The van der Waals surface area contributed by atoms with Crippen LogP contribution in [-0.2, 0) is 4.79 Å². The van der Waals surface area contributed by atoms with Crippen LogP contribution in [0, 0.1) is 0 Å². The van der Waals surface area contributed by atoms with Gasteiger partial charge in [-0.25, -0.2) is 4.98 Å². The molecule has 3 N–H and O–H groups in total. The van der Waals surface area contributed by atoms with Crippen LogP contribution in [0.15, 0.2) is 24.5 Å². The molecule has 0 fully saturated rings. The third-order valence-corrected chi connectivity index (χ3v) is 2.63. The quantitative estimate of drug-likeness (QED) is 0.850. The van der Waals surface area contributed by atoms with Gasteiger partial charge in [-0.3, -0.25) is 9.20 Å². The van der Waals surface area contributed by atoms with Crippen LogP contribution < -0.4 is 5.73 Å². The summed E-state index contributed by atoms with van der Waals surface area (Å²) in [4.78, 5) is 14.5. The van der Waals surface area contributed by atoms with E-state index < -0.39 is 12.0 Å². The Hall–Kier alpha value is -1.59. The number of hydrogen-bond donors (Lipinski definition) is 2. The van der Waals surface area contributed by atoms with Crippen molar-refractivity contribution in [3.63, 3.8) is 0 Å². The van der Waals surface area contributed by atoms with Crippen molar-refractivity contribution in [2.75, 3.05) is 0 Å². The first-order valence-electron chi connectivity index (χ1n) is 4.68. The van der Waals surface area contributed by atoms with E-state index in [2.05, 4.69) is 4.98 Å². The molecule has 0 bridgehead atoms. The van der Waals surface area contributed by atoms with Crippen LogP contribution in [0.25, 0.3) is 5.52 Å². The third kappa shape index (κ3) is 1.87. The molecule has 5 nitrogen and oxygen atoms in total. The molecule has 1 unspecified atom stereocenters. The number of halogens is 1. The van der Waals surface area contributed by atoms with Crippen LogP contribution in [0.3, 0.4) is 0 Å². The SMILES string of the molecule is NC(CC(=O)O)c1cccn2c(Cl)ncc12. The summed E-state index contributed by atoms with van der Waals surface area (Å²) < 4.78 is 1.67. The van der Waals surface area contributed by atoms with Gasteiger partial charge in [-0.15, -0.1) is 0 Å². The van der Waals surface area contributed by atoms with E-state index >= 15 is 0 Å². The number of nitrogens with two attached hydrogens (primary N) is 1. The molecule has 0 saturated heterocycles. The molecule has 2 heterocycles. The fourth-order valence-corrected chi connectivity index (χ4v) is 1.82. The van der Waals surface area contributed by atoms with E-state index in [-0.39, 0.29) is 6.42 Å². The highest BCUT2D eigenvalue weighted by molar-refractivity contribution is 6.28. The van der Waals surface area contributed by atoms with Gasteiger partial charge >= 0.3 is 5.97 Å². The van der Waals surface area contributed by atoms with Crippen molar-refractivity contribution in [2.45, 2.75) is 12.5 Å². The highest BCUT2D eigenvalue weighted by Gasteiger charge is 2.14. The van der Waals surface area contributed by atoms with E-state index in [0.29, 0.717) is 5.28 Å². The van der Waals surface area contributed by atoms with Crippen molar-refractivity contribution in [3.8, 4) is 0 Å². The summed E-state index contributed by atoms with van der Waals surface area (Å²) in [6.07, 6.45) is 3.21. The highest BCUT2D eigenvalue weighted by Crippen LogP contribution is 2.22. The average molecular weight is 240 g/mol. The van der Waals surface area contributed by atoms with Gasteiger partial charge in [0.1, 0.15) is 0 Å². The number of aliphatic carboxylic acids is 1. The van der Waals surface area contributed by atoms with Gasteiger partial charge in [0.2, 0.25) is 5.28 Å².